The van der Waals surface area contributed by atoms with Crippen molar-refractivity contribution in [3.8, 4) is 0 Å². The molecule has 6 nitrogen and oxygen atoms in total. The Morgan fingerprint density at radius 2 is 2.00 bits per heavy atom. The van der Waals surface area contributed by atoms with Crippen LogP contribution in [0, 0.1) is 5.92 Å². The Hall–Kier alpha value is -1.50. The molecular weight excluding hydrogens is 292 g/mol. The van der Waals surface area contributed by atoms with Gasteiger partial charge in [-0.1, -0.05) is 26.2 Å². The van der Waals surface area contributed by atoms with Crippen LogP contribution in [-0.2, 0) is 9.53 Å². The molecule has 0 radical (unpaired) electrons. The average molecular weight is 318 g/mol. The highest BCUT2D eigenvalue weighted by Gasteiger charge is 2.34. The topological polar surface area (TPSA) is 75.3 Å². The maximum atomic E-state index is 12.1. The van der Waals surface area contributed by atoms with Gasteiger partial charge in [0.05, 0.1) is 18.3 Å². The zero-order valence-electron chi connectivity index (χ0n) is 13.6. The van der Waals surface area contributed by atoms with Crippen LogP contribution in [0.4, 0.5) is 0 Å². The molecule has 2 fully saturated rings. The Labute approximate surface area is 137 Å². The fraction of sp³-hybridized carbons (Fsp3) is 0.647. The third-order valence-electron chi connectivity index (χ3n) is 4.83. The number of carbonyl (C=O) groups is 1. The number of amides is 1. The monoisotopic (exact) mass is 318 g/mol. The summed E-state index contributed by atoms with van der Waals surface area (Å²) in [6.45, 7) is 2.26. The van der Waals surface area contributed by atoms with E-state index in [4.69, 9.17) is 4.74 Å². The number of ether oxygens (including phenoxy) is 1. The molecule has 1 saturated heterocycles. The molecule has 126 valence electrons. The normalized spacial score (nSPS) is 28.7. The van der Waals surface area contributed by atoms with Gasteiger partial charge in [0.15, 0.2) is 0 Å². The number of rotatable bonds is 5. The van der Waals surface area contributed by atoms with Crippen molar-refractivity contribution < 1.29 is 9.53 Å². The van der Waals surface area contributed by atoms with E-state index in [1.54, 1.807) is 12.4 Å². The highest BCUT2D eigenvalue weighted by molar-refractivity contribution is 5.77. The smallest absolute Gasteiger partial charge is 0.247 e. The number of pyridine rings is 1. The summed E-state index contributed by atoms with van der Waals surface area (Å²) >= 11 is 0. The zero-order chi connectivity index (χ0) is 16.1. The van der Waals surface area contributed by atoms with Gasteiger partial charge in [-0.15, -0.1) is 0 Å². The number of hydrogen-bond donors (Lipinski definition) is 3. The first-order valence-electron chi connectivity index (χ1n) is 8.56. The van der Waals surface area contributed by atoms with E-state index < -0.39 is 0 Å². The summed E-state index contributed by atoms with van der Waals surface area (Å²) in [6, 6.07) is 4.14. The van der Waals surface area contributed by atoms with Gasteiger partial charge in [0.1, 0.15) is 6.61 Å². The first-order chi connectivity index (χ1) is 11.2. The van der Waals surface area contributed by atoms with Crippen molar-refractivity contribution in [3.05, 3.63) is 30.1 Å². The maximum Gasteiger partial charge on any atom is 0.247 e. The van der Waals surface area contributed by atoms with Crippen molar-refractivity contribution in [2.75, 3.05) is 6.61 Å². The highest BCUT2D eigenvalue weighted by Crippen LogP contribution is 2.26. The Kier molecular flexibility index (Phi) is 5.59. The van der Waals surface area contributed by atoms with Gasteiger partial charge in [-0.3, -0.25) is 9.78 Å². The molecule has 0 bridgehead atoms. The third kappa shape index (κ3) is 4.28. The second kappa shape index (κ2) is 7.86. The molecule has 1 aromatic heterocycles. The van der Waals surface area contributed by atoms with E-state index in [-0.39, 0.29) is 36.7 Å². The van der Waals surface area contributed by atoms with Gasteiger partial charge in [-0.05, 0) is 30.5 Å². The van der Waals surface area contributed by atoms with Crippen molar-refractivity contribution in [2.24, 2.45) is 5.92 Å². The van der Waals surface area contributed by atoms with Gasteiger partial charge >= 0.3 is 0 Å². The van der Waals surface area contributed by atoms with Gasteiger partial charge in [0.25, 0.3) is 0 Å². The predicted octanol–water partition coefficient (Wildman–Crippen LogP) is 1.66. The van der Waals surface area contributed by atoms with Crippen molar-refractivity contribution >= 4 is 5.91 Å². The van der Waals surface area contributed by atoms with E-state index in [2.05, 4.69) is 28.1 Å². The van der Waals surface area contributed by atoms with E-state index in [1.165, 1.54) is 19.3 Å². The number of hydrazine groups is 1. The predicted molar refractivity (Wildman–Crippen MR) is 87.2 cm³/mol. The summed E-state index contributed by atoms with van der Waals surface area (Å²) in [6.07, 6.45) is 9.60. The molecule has 3 unspecified atom stereocenters. The molecule has 6 heteroatoms. The Morgan fingerprint density at radius 3 is 2.74 bits per heavy atom. The molecule has 1 aliphatic heterocycles. The molecule has 1 amide bonds. The Morgan fingerprint density at radius 1 is 1.26 bits per heavy atom. The van der Waals surface area contributed by atoms with Crippen LogP contribution in [0.5, 0.6) is 0 Å². The van der Waals surface area contributed by atoms with Crippen LogP contribution >= 0.6 is 0 Å². The second-order valence-electron chi connectivity index (χ2n) is 6.52. The number of nitrogens with one attached hydrogen (secondary N) is 3. The molecule has 0 aromatic carbocycles. The van der Waals surface area contributed by atoms with Crippen LogP contribution in [0.25, 0.3) is 0 Å². The maximum absolute atomic E-state index is 12.1. The van der Waals surface area contributed by atoms with E-state index in [0.29, 0.717) is 0 Å². The van der Waals surface area contributed by atoms with Gasteiger partial charge in [0, 0.05) is 18.3 Å². The van der Waals surface area contributed by atoms with Crippen LogP contribution in [0.15, 0.2) is 24.5 Å². The second-order valence-corrected chi connectivity index (χ2v) is 6.52. The number of carbonyl (C=O) groups excluding carboxylic acids is 1. The summed E-state index contributed by atoms with van der Waals surface area (Å²) in [7, 11) is 0. The summed E-state index contributed by atoms with van der Waals surface area (Å²) in [5.74, 6) is 0.174. The summed E-state index contributed by atoms with van der Waals surface area (Å²) in [4.78, 5) is 16.2. The number of hydrogen-bond acceptors (Lipinski definition) is 5. The third-order valence-corrected chi connectivity index (χ3v) is 4.83. The van der Waals surface area contributed by atoms with Crippen LogP contribution in [-0.4, -0.2) is 29.8 Å². The SMILES string of the molecule is CC1C(NC(=O)COC2CCCCC2)NNC1c1ccncc1. The largest absolute Gasteiger partial charge is 0.368 e. The minimum atomic E-state index is -0.101. The fourth-order valence-corrected chi connectivity index (χ4v) is 3.40. The van der Waals surface area contributed by atoms with Crippen LogP contribution in [0.2, 0.25) is 0 Å². The number of nitrogens with zero attached hydrogens (tertiary/aromatic N) is 1. The molecule has 3 rings (SSSR count). The lowest BCUT2D eigenvalue weighted by Gasteiger charge is -2.23. The standard InChI is InChI=1S/C17H26N4O2/c1-12-16(13-7-9-18-10-8-13)20-21-17(12)19-15(22)11-23-14-5-3-2-4-6-14/h7-10,12,14,16-17,20-21H,2-6,11H2,1H3,(H,19,22). The van der Waals surface area contributed by atoms with Crippen molar-refractivity contribution in [2.45, 2.75) is 57.3 Å². The molecule has 1 saturated carbocycles. The highest BCUT2D eigenvalue weighted by atomic mass is 16.5. The van der Waals surface area contributed by atoms with Gasteiger partial charge in [-0.2, -0.15) is 0 Å². The van der Waals surface area contributed by atoms with Gasteiger partial charge in [-0.25, -0.2) is 10.9 Å². The van der Waals surface area contributed by atoms with E-state index in [0.717, 1.165) is 18.4 Å². The van der Waals surface area contributed by atoms with Gasteiger partial charge < -0.3 is 10.1 Å². The van der Waals surface area contributed by atoms with Gasteiger partial charge in [0.2, 0.25) is 5.91 Å². The minimum Gasteiger partial charge on any atom is -0.368 e. The molecule has 2 heterocycles. The van der Waals surface area contributed by atoms with E-state index >= 15 is 0 Å². The lowest BCUT2D eigenvalue weighted by atomic mass is 9.95. The first kappa shape index (κ1) is 16.4. The van der Waals surface area contributed by atoms with Crippen LogP contribution < -0.4 is 16.2 Å². The molecule has 2 aliphatic rings. The Bertz CT molecular complexity index is 505. The number of aromatic nitrogens is 1. The lowest BCUT2D eigenvalue weighted by molar-refractivity contribution is -0.129. The Balaban J connectivity index is 1.45. The molecule has 1 aromatic rings. The van der Waals surface area contributed by atoms with Crippen LogP contribution in [0.3, 0.4) is 0 Å². The van der Waals surface area contributed by atoms with E-state index in [9.17, 15) is 4.79 Å². The first-order valence-corrected chi connectivity index (χ1v) is 8.56. The quantitative estimate of drug-likeness (QED) is 0.770. The molecule has 0 spiro atoms. The average Bonchev–Trinajstić information content (AvgIpc) is 2.95. The molecular formula is C17H26N4O2. The fourth-order valence-electron chi connectivity index (χ4n) is 3.40. The lowest BCUT2D eigenvalue weighted by Crippen LogP contribution is -2.47. The van der Waals surface area contributed by atoms with Crippen molar-refractivity contribution in [1.29, 1.82) is 0 Å². The molecule has 3 atom stereocenters. The molecule has 1 aliphatic carbocycles. The van der Waals surface area contributed by atoms with Crippen LogP contribution in [0.1, 0.15) is 50.6 Å². The summed E-state index contributed by atoms with van der Waals surface area (Å²) < 4.78 is 5.73. The summed E-state index contributed by atoms with van der Waals surface area (Å²) in [5.41, 5.74) is 7.58. The zero-order valence-corrected chi connectivity index (χ0v) is 13.6. The molecule has 23 heavy (non-hydrogen) atoms. The minimum absolute atomic E-state index is 0.0582. The molecule has 3 N–H and O–H groups in total. The summed E-state index contributed by atoms with van der Waals surface area (Å²) in [5, 5.41) is 3.01. The van der Waals surface area contributed by atoms with Crippen molar-refractivity contribution in [1.82, 2.24) is 21.2 Å². The van der Waals surface area contributed by atoms with E-state index in [1.807, 2.05) is 12.1 Å². The van der Waals surface area contributed by atoms with Crippen molar-refractivity contribution in [3.63, 3.8) is 0 Å².